The molecule has 0 radical (unpaired) electrons. The number of fused-ring (bicyclic) bond motifs is 2. The maximum Gasteiger partial charge on any atom is 0.422 e. The molecule has 4 aliphatic rings. The van der Waals surface area contributed by atoms with E-state index < -0.39 is 22.5 Å². The smallest absolute Gasteiger partial charge is 0.422 e. The van der Waals surface area contributed by atoms with Gasteiger partial charge in [-0.15, -0.1) is 0 Å². The summed E-state index contributed by atoms with van der Waals surface area (Å²) in [5.74, 6) is 1.52. The van der Waals surface area contributed by atoms with Gasteiger partial charge < -0.3 is 14.5 Å². The maximum atomic E-state index is 14.0. The number of alkyl halides is 3. The lowest BCUT2D eigenvalue weighted by atomic mass is 9.72. The molecule has 1 spiro atoms. The van der Waals surface area contributed by atoms with Gasteiger partial charge in [-0.05, 0) is 86.3 Å². The molecule has 0 atom stereocenters. The van der Waals surface area contributed by atoms with Crippen LogP contribution in [0.5, 0.6) is 5.75 Å². The van der Waals surface area contributed by atoms with Crippen molar-refractivity contribution in [1.29, 1.82) is 0 Å². The monoisotopic (exact) mass is 707 g/mol. The van der Waals surface area contributed by atoms with Crippen LogP contribution in [-0.4, -0.2) is 85.6 Å². The molecule has 1 N–H and O–H groups in total. The molecule has 1 amide bonds. The number of carbonyl (C=O) groups is 1. The van der Waals surface area contributed by atoms with E-state index in [1.165, 1.54) is 6.08 Å². The van der Waals surface area contributed by atoms with Crippen LogP contribution in [0, 0.1) is 12.3 Å². The molecule has 1 aliphatic carbocycles. The van der Waals surface area contributed by atoms with E-state index in [2.05, 4.69) is 26.0 Å². The molecule has 5 heterocycles. The number of benzene rings is 2. The van der Waals surface area contributed by atoms with E-state index in [9.17, 15) is 22.2 Å². The summed E-state index contributed by atoms with van der Waals surface area (Å²) in [6.07, 6.45) is 4.40. The zero-order valence-electron chi connectivity index (χ0n) is 28.0. The average molecular weight is 708 g/mol. The van der Waals surface area contributed by atoms with Crippen LogP contribution in [0.4, 0.5) is 24.9 Å². The lowest BCUT2D eigenvalue weighted by Gasteiger charge is -2.54. The van der Waals surface area contributed by atoms with Crippen molar-refractivity contribution in [2.45, 2.75) is 64.0 Å². The second kappa shape index (κ2) is 12.2. The highest BCUT2D eigenvalue weighted by molar-refractivity contribution is 7.93. The van der Waals surface area contributed by atoms with Gasteiger partial charge >= 0.3 is 6.18 Å². The Balaban J connectivity index is 1.34. The molecule has 0 unspecified atom stereocenters. The van der Waals surface area contributed by atoms with Gasteiger partial charge in [-0.3, -0.25) is 9.89 Å². The van der Waals surface area contributed by atoms with Crippen molar-refractivity contribution in [2.24, 2.45) is 9.78 Å². The van der Waals surface area contributed by atoms with Crippen LogP contribution in [0.1, 0.15) is 62.0 Å². The van der Waals surface area contributed by atoms with Crippen molar-refractivity contribution in [3.63, 3.8) is 0 Å². The number of nitrogens with zero attached hydrogens (tertiary/aromatic N) is 6. The second-order valence-electron chi connectivity index (χ2n) is 14.4. The molecule has 14 heteroatoms. The van der Waals surface area contributed by atoms with Crippen LogP contribution < -0.4 is 9.64 Å². The number of aromatic nitrogens is 4. The molecule has 4 fully saturated rings. The number of carbonyl (C=O) groups excluding carboxylic acids is 1. The molecule has 3 aliphatic heterocycles. The van der Waals surface area contributed by atoms with E-state index in [1.54, 1.807) is 11.1 Å². The van der Waals surface area contributed by atoms with E-state index >= 15 is 0 Å². The molecule has 0 bridgehead atoms. The number of amides is 1. The van der Waals surface area contributed by atoms with Crippen molar-refractivity contribution in [1.82, 2.24) is 25.1 Å². The molecule has 50 heavy (non-hydrogen) atoms. The zero-order chi connectivity index (χ0) is 34.8. The number of hydrogen-bond acceptors (Lipinski definition) is 8. The van der Waals surface area contributed by atoms with Crippen LogP contribution in [-0.2, 0) is 14.5 Å². The summed E-state index contributed by atoms with van der Waals surface area (Å²) >= 11 is 0. The van der Waals surface area contributed by atoms with Crippen LogP contribution in [0.2, 0.25) is 0 Å². The molecule has 2 aromatic heterocycles. The number of aryl methyl sites for hydroxylation is 1. The lowest BCUT2D eigenvalue weighted by molar-refractivity contribution is -0.153. The summed E-state index contributed by atoms with van der Waals surface area (Å²) in [5, 5.41) is 8.61. The predicted molar refractivity (Wildman–Crippen MR) is 187 cm³/mol. The minimum atomic E-state index is -4.60. The topological polar surface area (TPSA) is 117 Å². The Hall–Kier alpha value is -4.20. The fourth-order valence-electron chi connectivity index (χ4n) is 7.97. The van der Waals surface area contributed by atoms with Crippen molar-refractivity contribution in [3.8, 4) is 16.9 Å². The maximum absolute atomic E-state index is 14.0. The summed E-state index contributed by atoms with van der Waals surface area (Å²) in [5.41, 5.74) is 4.07. The van der Waals surface area contributed by atoms with Gasteiger partial charge in [0.1, 0.15) is 11.3 Å². The summed E-state index contributed by atoms with van der Waals surface area (Å²) in [6.45, 7) is 6.64. The van der Waals surface area contributed by atoms with Gasteiger partial charge in [0.15, 0.2) is 12.4 Å². The third-order valence-electron chi connectivity index (χ3n) is 10.8. The van der Waals surface area contributed by atoms with Gasteiger partial charge in [-0.1, -0.05) is 19.1 Å². The number of anilines is 1. The van der Waals surface area contributed by atoms with Gasteiger partial charge in [-0.25, -0.2) is 9.19 Å². The van der Waals surface area contributed by atoms with E-state index in [-0.39, 0.29) is 34.5 Å². The van der Waals surface area contributed by atoms with Crippen molar-refractivity contribution in [2.75, 3.05) is 49.2 Å². The minimum Gasteiger partial charge on any atom is -0.481 e. The van der Waals surface area contributed by atoms with E-state index in [4.69, 9.17) is 14.7 Å². The van der Waals surface area contributed by atoms with Gasteiger partial charge in [-0.2, -0.15) is 27.6 Å². The highest BCUT2D eigenvalue weighted by atomic mass is 32.2. The van der Waals surface area contributed by atoms with Crippen LogP contribution in [0.3, 0.4) is 0 Å². The van der Waals surface area contributed by atoms with Gasteiger partial charge in [0, 0.05) is 59.4 Å². The van der Waals surface area contributed by atoms with Crippen LogP contribution in [0.15, 0.2) is 41.4 Å². The largest absolute Gasteiger partial charge is 0.481 e. The van der Waals surface area contributed by atoms with Crippen molar-refractivity contribution >= 4 is 49.2 Å². The number of halogens is 3. The third-order valence-corrected chi connectivity index (χ3v) is 13.1. The number of ether oxygens (including phenoxy) is 1. The number of aromatic amines is 1. The molecular formula is C36H40F3N7O3S. The molecular weight excluding hydrogens is 668 g/mol. The second-order valence-corrected chi connectivity index (χ2v) is 16.9. The molecule has 4 aromatic rings. The molecule has 264 valence electrons. The Bertz CT molecular complexity index is 2120. The Labute approximate surface area is 288 Å². The first kappa shape index (κ1) is 33.0. The minimum absolute atomic E-state index is 0.00462. The average Bonchev–Trinajstić information content (AvgIpc) is 3.81. The molecule has 1 saturated carbocycles. The third kappa shape index (κ3) is 6.09. The van der Waals surface area contributed by atoms with Crippen molar-refractivity contribution < 1.29 is 26.9 Å². The summed E-state index contributed by atoms with van der Waals surface area (Å²) in [7, 11) is -2.64. The van der Waals surface area contributed by atoms with Crippen molar-refractivity contribution in [3.05, 3.63) is 48.2 Å². The molecule has 2 aromatic carbocycles. The number of nitrogens with one attached hydrogen (secondary N) is 1. The predicted octanol–water partition coefficient (Wildman–Crippen LogP) is 7.20. The summed E-state index contributed by atoms with van der Waals surface area (Å²) in [4.78, 5) is 25.9. The normalized spacial score (nSPS) is 20.2. The highest BCUT2D eigenvalue weighted by Crippen LogP contribution is 2.53. The zero-order valence-corrected chi connectivity index (χ0v) is 28.8. The van der Waals surface area contributed by atoms with E-state index in [1.807, 2.05) is 25.1 Å². The number of rotatable bonds is 7. The molecule has 3 saturated heterocycles. The fraction of sp³-hybridized carbons (Fsp3) is 0.500. The summed E-state index contributed by atoms with van der Waals surface area (Å²) in [6, 6.07) is 5.88. The van der Waals surface area contributed by atoms with Crippen LogP contribution >= 0.6 is 0 Å². The Kier molecular flexibility index (Phi) is 8.07. The first-order chi connectivity index (χ1) is 23.9. The number of piperidine rings is 1. The highest BCUT2D eigenvalue weighted by Gasteiger charge is 2.46. The molecule has 8 rings (SSSR count). The van der Waals surface area contributed by atoms with E-state index in [0.717, 1.165) is 72.5 Å². The Morgan fingerprint density at radius 1 is 1.12 bits per heavy atom. The Morgan fingerprint density at radius 2 is 1.86 bits per heavy atom. The molecule has 10 nitrogen and oxygen atoms in total. The number of likely N-dealkylation sites (tertiary alicyclic amines) is 1. The van der Waals surface area contributed by atoms with E-state index in [0.29, 0.717) is 54.5 Å². The van der Waals surface area contributed by atoms with Gasteiger partial charge in [0.2, 0.25) is 5.91 Å². The standard InChI is InChI=1S/C36H40F3N7O3S/c1-3-28(47)46-19-35(20-46)11-13-45(14-12-35)33-25-17-24(23-8-9-23)30(29-22(2)7-10-27-26(29)18-40-43-27)32(49-21-36(37,38)39)31(25)41-34(42-33)44-50(48)15-5-4-6-16-50/h3,7,10,17-18,23H,1,4-6,8-9,11-16,19-21H2,2H3,(H,40,43). The first-order valence-electron chi connectivity index (χ1n) is 17.3. The fourth-order valence-corrected chi connectivity index (χ4v) is 10.0. The lowest BCUT2D eigenvalue weighted by Crippen LogP contribution is -2.61. The summed E-state index contributed by atoms with van der Waals surface area (Å²) < 4.78 is 66.4. The number of H-pyrrole nitrogens is 1. The number of hydrogen-bond donors (Lipinski definition) is 1. The first-order valence-corrected chi connectivity index (χ1v) is 19.2. The quantitative estimate of drug-likeness (QED) is 0.202. The SMILES string of the molecule is C=CC(=O)N1CC2(CCN(c3nc(N=S4(=O)CCCCC4)nc4c(OCC(F)(F)F)c(-c5c(C)ccc6[nH]ncc56)c(C5CC5)cc34)CC2)C1. The van der Waals surface area contributed by atoms with Gasteiger partial charge in [0.25, 0.3) is 5.95 Å². The van der Waals surface area contributed by atoms with Gasteiger partial charge in [0.05, 0.1) is 21.4 Å². The van der Waals surface area contributed by atoms with Crippen LogP contribution in [0.25, 0.3) is 32.9 Å². The Morgan fingerprint density at radius 3 is 2.54 bits per heavy atom.